The van der Waals surface area contributed by atoms with Crippen LogP contribution in [0.15, 0.2) is 5.11 Å². The van der Waals surface area contributed by atoms with Crippen LogP contribution in [0.3, 0.4) is 0 Å². The fraction of sp³-hybridized carbons (Fsp3) is 1.00. The predicted octanol–water partition coefficient (Wildman–Crippen LogP) is 2.43. The quantitative estimate of drug-likeness (QED) is 0.486. The van der Waals surface area contributed by atoms with E-state index in [1.54, 1.807) is 0 Å². The lowest BCUT2D eigenvalue weighted by Crippen LogP contribution is -2.40. The van der Waals surface area contributed by atoms with Gasteiger partial charge in [0.1, 0.15) is 0 Å². The lowest BCUT2D eigenvalue weighted by Gasteiger charge is -2.37. The summed E-state index contributed by atoms with van der Waals surface area (Å²) in [6, 6.07) is 0. The minimum Gasteiger partial charge on any atom is -0.317 e. The fourth-order valence-electron chi connectivity index (χ4n) is 3.19. The molecule has 0 spiro atoms. The van der Waals surface area contributed by atoms with E-state index in [1.807, 2.05) is 0 Å². The molecular formula is C12H24ClN5. The van der Waals surface area contributed by atoms with Gasteiger partial charge in [0.05, 0.1) is 0 Å². The third kappa shape index (κ3) is 4.65. The largest absolute Gasteiger partial charge is 0.317 e. The van der Waals surface area contributed by atoms with Crippen LogP contribution in [-0.4, -0.2) is 44.2 Å². The van der Waals surface area contributed by atoms with E-state index in [9.17, 15) is 0 Å². The lowest BCUT2D eigenvalue weighted by atomic mass is 9.79. The van der Waals surface area contributed by atoms with Crippen molar-refractivity contribution >= 4 is 12.4 Å². The molecule has 2 heterocycles. The molecule has 18 heavy (non-hydrogen) atoms. The van der Waals surface area contributed by atoms with Crippen molar-refractivity contribution in [3.05, 3.63) is 10.4 Å². The molecule has 6 heteroatoms. The first-order valence-corrected chi connectivity index (χ1v) is 6.84. The van der Waals surface area contributed by atoms with Crippen LogP contribution < -0.4 is 5.32 Å². The van der Waals surface area contributed by atoms with E-state index in [-0.39, 0.29) is 12.4 Å². The van der Waals surface area contributed by atoms with E-state index in [0.29, 0.717) is 6.54 Å². The molecule has 2 fully saturated rings. The Morgan fingerprint density at radius 1 is 1.11 bits per heavy atom. The first kappa shape index (κ1) is 15.6. The smallest absolute Gasteiger partial charge is 0.0385 e. The minimum atomic E-state index is 0. The summed E-state index contributed by atoms with van der Waals surface area (Å²) in [5, 5.41) is 7.05. The molecule has 0 aromatic carbocycles. The highest BCUT2D eigenvalue weighted by Crippen LogP contribution is 2.30. The average Bonchev–Trinajstić information content (AvgIpc) is 2.41. The van der Waals surface area contributed by atoms with Crippen LogP contribution >= 0.6 is 12.4 Å². The zero-order valence-electron chi connectivity index (χ0n) is 10.9. The number of piperidine rings is 2. The van der Waals surface area contributed by atoms with E-state index in [2.05, 4.69) is 20.2 Å². The Labute approximate surface area is 115 Å². The van der Waals surface area contributed by atoms with Crippen molar-refractivity contribution in [1.82, 2.24) is 10.2 Å². The first-order chi connectivity index (χ1) is 8.40. The molecule has 0 aromatic rings. The average molecular weight is 274 g/mol. The van der Waals surface area contributed by atoms with Crippen LogP contribution in [0.5, 0.6) is 0 Å². The molecule has 0 aliphatic carbocycles. The molecule has 0 saturated carbocycles. The van der Waals surface area contributed by atoms with Gasteiger partial charge in [-0.3, -0.25) is 0 Å². The van der Waals surface area contributed by atoms with Crippen LogP contribution in [0.2, 0.25) is 0 Å². The number of rotatable bonds is 4. The zero-order chi connectivity index (χ0) is 11.9. The van der Waals surface area contributed by atoms with E-state index >= 15 is 0 Å². The number of azide groups is 1. The van der Waals surface area contributed by atoms with E-state index in [0.717, 1.165) is 18.4 Å². The van der Waals surface area contributed by atoms with E-state index in [4.69, 9.17) is 5.53 Å². The highest BCUT2D eigenvalue weighted by molar-refractivity contribution is 5.85. The van der Waals surface area contributed by atoms with Crippen molar-refractivity contribution in [2.45, 2.75) is 25.7 Å². The Bertz CT molecular complexity index is 266. The molecule has 0 unspecified atom stereocenters. The molecule has 2 rings (SSSR count). The lowest BCUT2D eigenvalue weighted by molar-refractivity contribution is 0.133. The SMILES string of the molecule is Cl.[N-]=[N+]=NCCN1CCC(C2CCNCC2)CC1. The van der Waals surface area contributed by atoms with Gasteiger partial charge in [0, 0.05) is 18.0 Å². The highest BCUT2D eigenvalue weighted by Gasteiger charge is 2.27. The predicted molar refractivity (Wildman–Crippen MR) is 76.0 cm³/mol. The molecule has 5 nitrogen and oxygen atoms in total. The number of nitrogens with one attached hydrogen (secondary N) is 1. The van der Waals surface area contributed by atoms with Crippen molar-refractivity contribution in [3.63, 3.8) is 0 Å². The van der Waals surface area contributed by atoms with Crippen LogP contribution in [0.4, 0.5) is 0 Å². The Morgan fingerprint density at radius 3 is 2.33 bits per heavy atom. The van der Waals surface area contributed by atoms with Gasteiger partial charge >= 0.3 is 0 Å². The number of nitrogens with zero attached hydrogens (tertiary/aromatic N) is 4. The normalized spacial score (nSPS) is 23.1. The molecule has 1 N–H and O–H groups in total. The summed E-state index contributed by atoms with van der Waals surface area (Å²) in [5.74, 6) is 1.89. The Morgan fingerprint density at radius 2 is 1.72 bits per heavy atom. The van der Waals surface area contributed by atoms with Gasteiger partial charge in [-0.25, -0.2) is 0 Å². The third-order valence-electron chi connectivity index (χ3n) is 4.26. The maximum atomic E-state index is 8.24. The second kappa shape index (κ2) is 8.59. The Balaban J connectivity index is 0.00000162. The highest BCUT2D eigenvalue weighted by atomic mass is 35.5. The summed E-state index contributed by atoms with van der Waals surface area (Å²) in [7, 11) is 0. The molecule has 2 aliphatic rings. The summed E-state index contributed by atoms with van der Waals surface area (Å²) in [5.41, 5.74) is 8.24. The van der Waals surface area contributed by atoms with E-state index < -0.39 is 0 Å². The molecule has 0 amide bonds. The van der Waals surface area contributed by atoms with Crippen LogP contribution in [-0.2, 0) is 0 Å². The summed E-state index contributed by atoms with van der Waals surface area (Å²) < 4.78 is 0. The third-order valence-corrected chi connectivity index (χ3v) is 4.26. The van der Waals surface area contributed by atoms with Gasteiger partial charge < -0.3 is 10.2 Å². The maximum absolute atomic E-state index is 8.24. The van der Waals surface area contributed by atoms with Crippen LogP contribution in [0.25, 0.3) is 10.4 Å². The molecule has 2 aliphatic heterocycles. The molecule has 0 bridgehead atoms. The molecule has 0 atom stereocenters. The standard InChI is InChI=1S/C12H23N5.ClH/c13-16-15-7-10-17-8-3-12(4-9-17)11-1-5-14-6-2-11;/h11-12,14H,1-10H2;1H. The molecule has 0 radical (unpaired) electrons. The summed E-state index contributed by atoms with van der Waals surface area (Å²) in [6.07, 6.45) is 5.40. The summed E-state index contributed by atoms with van der Waals surface area (Å²) in [6.45, 7) is 6.35. The number of hydrogen-bond acceptors (Lipinski definition) is 3. The maximum Gasteiger partial charge on any atom is 0.0385 e. The van der Waals surface area contributed by atoms with Crippen molar-refractivity contribution in [1.29, 1.82) is 0 Å². The minimum absolute atomic E-state index is 0. The molecule has 0 aromatic heterocycles. The van der Waals surface area contributed by atoms with Gasteiger partial charge in [0.2, 0.25) is 0 Å². The van der Waals surface area contributed by atoms with Gasteiger partial charge in [0.15, 0.2) is 0 Å². The van der Waals surface area contributed by atoms with Crippen molar-refractivity contribution in [3.8, 4) is 0 Å². The molecule has 2 saturated heterocycles. The van der Waals surface area contributed by atoms with E-state index in [1.165, 1.54) is 51.9 Å². The second-order valence-electron chi connectivity index (χ2n) is 5.22. The molecule has 104 valence electrons. The first-order valence-electron chi connectivity index (χ1n) is 6.84. The van der Waals surface area contributed by atoms with Crippen molar-refractivity contribution in [2.24, 2.45) is 17.0 Å². The monoisotopic (exact) mass is 273 g/mol. The number of halogens is 1. The topological polar surface area (TPSA) is 64.0 Å². The van der Waals surface area contributed by atoms with Crippen molar-refractivity contribution in [2.75, 3.05) is 39.3 Å². The van der Waals surface area contributed by atoms with Gasteiger partial charge in [-0.05, 0) is 69.2 Å². The summed E-state index contributed by atoms with van der Waals surface area (Å²) in [4.78, 5) is 5.24. The van der Waals surface area contributed by atoms with Crippen molar-refractivity contribution < 1.29 is 0 Å². The second-order valence-corrected chi connectivity index (χ2v) is 5.22. The Hall–Kier alpha value is -0.480. The Kier molecular flexibility index (Phi) is 7.44. The van der Waals surface area contributed by atoms with Gasteiger partial charge in [0.25, 0.3) is 0 Å². The van der Waals surface area contributed by atoms with Gasteiger partial charge in [-0.15, -0.1) is 12.4 Å². The molecular weight excluding hydrogens is 250 g/mol. The fourth-order valence-corrected chi connectivity index (χ4v) is 3.19. The number of likely N-dealkylation sites (tertiary alicyclic amines) is 1. The van der Waals surface area contributed by atoms with Crippen LogP contribution in [0.1, 0.15) is 25.7 Å². The van der Waals surface area contributed by atoms with Gasteiger partial charge in [-0.1, -0.05) is 5.11 Å². The zero-order valence-corrected chi connectivity index (χ0v) is 11.7. The summed E-state index contributed by atoms with van der Waals surface area (Å²) >= 11 is 0. The van der Waals surface area contributed by atoms with Crippen LogP contribution in [0, 0.1) is 11.8 Å². The van der Waals surface area contributed by atoms with Gasteiger partial charge in [-0.2, -0.15) is 0 Å². The number of hydrogen-bond donors (Lipinski definition) is 1.